The molecular formula is C13H14N2O. The molecule has 3 nitrogen and oxygen atoms in total. The van der Waals surface area contributed by atoms with E-state index in [1.165, 1.54) is 0 Å². The Balaban J connectivity index is 2.20. The Bertz CT molecular complexity index is 483. The summed E-state index contributed by atoms with van der Waals surface area (Å²) in [5.41, 5.74) is 3.95. The van der Waals surface area contributed by atoms with Crippen LogP contribution < -0.4 is 0 Å². The second-order valence-electron chi connectivity index (χ2n) is 3.81. The highest BCUT2D eigenvalue weighted by Crippen LogP contribution is 2.09. The zero-order chi connectivity index (χ0) is 11.4. The summed E-state index contributed by atoms with van der Waals surface area (Å²) >= 11 is 0. The number of benzene rings is 1. The number of aryl methyl sites for hydroxylation is 1. The van der Waals surface area contributed by atoms with Crippen LogP contribution in [0.3, 0.4) is 0 Å². The lowest BCUT2D eigenvalue weighted by atomic mass is 10.1. The maximum Gasteiger partial charge on any atom is 0.0681 e. The molecule has 0 bridgehead atoms. The lowest BCUT2D eigenvalue weighted by Crippen LogP contribution is -1.96. The van der Waals surface area contributed by atoms with Gasteiger partial charge in [0.1, 0.15) is 0 Å². The Morgan fingerprint density at radius 2 is 2.00 bits per heavy atom. The Morgan fingerprint density at radius 3 is 2.75 bits per heavy atom. The van der Waals surface area contributed by atoms with Gasteiger partial charge in [-0.3, -0.25) is 9.97 Å². The quantitative estimate of drug-likeness (QED) is 0.848. The summed E-state index contributed by atoms with van der Waals surface area (Å²) < 4.78 is 0. The number of aliphatic hydroxyl groups excluding tert-OH is 1. The summed E-state index contributed by atoms with van der Waals surface area (Å²) in [5.74, 6) is 0. The zero-order valence-electron chi connectivity index (χ0n) is 9.22. The van der Waals surface area contributed by atoms with E-state index in [2.05, 4.69) is 9.97 Å². The van der Waals surface area contributed by atoms with Crippen molar-refractivity contribution >= 4 is 0 Å². The van der Waals surface area contributed by atoms with Gasteiger partial charge in [0, 0.05) is 18.8 Å². The molecule has 0 radical (unpaired) electrons. The van der Waals surface area contributed by atoms with Crippen LogP contribution in [0.25, 0.3) is 0 Å². The molecule has 0 saturated heterocycles. The third-order valence-electron chi connectivity index (χ3n) is 2.36. The van der Waals surface area contributed by atoms with Crippen LogP contribution in [-0.4, -0.2) is 15.1 Å². The second-order valence-corrected chi connectivity index (χ2v) is 3.81. The molecule has 3 heteroatoms. The molecule has 0 amide bonds. The molecule has 1 aromatic heterocycles. The van der Waals surface area contributed by atoms with Crippen LogP contribution in [0.2, 0.25) is 0 Å². The van der Waals surface area contributed by atoms with E-state index in [9.17, 15) is 0 Å². The third kappa shape index (κ3) is 2.64. The van der Waals surface area contributed by atoms with Gasteiger partial charge >= 0.3 is 0 Å². The molecule has 0 spiro atoms. The van der Waals surface area contributed by atoms with Crippen molar-refractivity contribution in [1.29, 1.82) is 0 Å². The van der Waals surface area contributed by atoms with Crippen LogP contribution in [-0.2, 0) is 13.0 Å². The van der Waals surface area contributed by atoms with E-state index in [0.717, 1.165) is 28.9 Å². The number of nitrogens with zero attached hydrogens (tertiary/aromatic N) is 2. The number of hydrogen-bond donors (Lipinski definition) is 1. The van der Waals surface area contributed by atoms with Gasteiger partial charge < -0.3 is 5.11 Å². The minimum absolute atomic E-state index is 0.0767. The maximum absolute atomic E-state index is 9.04. The fourth-order valence-electron chi connectivity index (χ4n) is 1.65. The molecule has 2 rings (SSSR count). The highest BCUT2D eigenvalue weighted by Gasteiger charge is 1.99. The second kappa shape index (κ2) is 4.86. The Morgan fingerprint density at radius 1 is 1.19 bits per heavy atom. The Labute approximate surface area is 94.8 Å². The molecule has 1 aromatic carbocycles. The summed E-state index contributed by atoms with van der Waals surface area (Å²) in [4.78, 5) is 8.51. The molecule has 0 aliphatic heterocycles. The normalized spacial score (nSPS) is 10.4. The van der Waals surface area contributed by atoms with Gasteiger partial charge in [-0.1, -0.05) is 24.3 Å². The number of hydrogen-bond acceptors (Lipinski definition) is 3. The van der Waals surface area contributed by atoms with Crippen LogP contribution in [0.4, 0.5) is 0 Å². The lowest BCUT2D eigenvalue weighted by Gasteiger charge is -2.03. The zero-order valence-corrected chi connectivity index (χ0v) is 9.22. The van der Waals surface area contributed by atoms with Gasteiger partial charge in [0.15, 0.2) is 0 Å². The van der Waals surface area contributed by atoms with Crippen molar-refractivity contribution in [2.75, 3.05) is 0 Å². The number of aliphatic hydroxyl groups is 1. The first-order chi connectivity index (χ1) is 7.78. The molecule has 0 atom stereocenters. The van der Waals surface area contributed by atoms with E-state index in [0.29, 0.717) is 0 Å². The predicted molar refractivity (Wildman–Crippen MR) is 61.9 cm³/mol. The van der Waals surface area contributed by atoms with Gasteiger partial charge in [0.25, 0.3) is 0 Å². The van der Waals surface area contributed by atoms with Crippen molar-refractivity contribution in [3.63, 3.8) is 0 Å². The van der Waals surface area contributed by atoms with Crippen LogP contribution in [0.15, 0.2) is 36.7 Å². The molecule has 0 fully saturated rings. The maximum atomic E-state index is 9.04. The molecule has 1 heterocycles. The van der Waals surface area contributed by atoms with E-state index in [1.54, 1.807) is 12.4 Å². The first-order valence-electron chi connectivity index (χ1n) is 5.24. The monoisotopic (exact) mass is 214 g/mol. The molecule has 16 heavy (non-hydrogen) atoms. The van der Waals surface area contributed by atoms with Gasteiger partial charge in [-0.15, -0.1) is 0 Å². The van der Waals surface area contributed by atoms with Crippen LogP contribution in [0, 0.1) is 6.92 Å². The van der Waals surface area contributed by atoms with Crippen LogP contribution >= 0.6 is 0 Å². The lowest BCUT2D eigenvalue weighted by molar-refractivity contribution is 0.281. The predicted octanol–water partition coefficient (Wildman–Crippen LogP) is 1.87. The summed E-state index contributed by atoms with van der Waals surface area (Å²) in [6.45, 7) is 2.01. The van der Waals surface area contributed by atoms with Crippen molar-refractivity contribution in [3.05, 3.63) is 59.2 Å². The van der Waals surface area contributed by atoms with E-state index >= 15 is 0 Å². The van der Waals surface area contributed by atoms with E-state index in [1.807, 2.05) is 31.2 Å². The SMILES string of the molecule is Cc1cncc(Cc2cccc(CO)c2)n1. The summed E-state index contributed by atoms with van der Waals surface area (Å²) in [5, 5.41) is 9.04. The fourth-order valence-corrected chi connectivity index (χ4v) is 1.65. The molecule has 0 saturated carbocycles. The highest BCUT2D eigenvalue weighted by atomic mass is 16.3. The van der Waals surface area contributed by atoms with Gasteiger partial charge in [-0.25, -0.2) is 0 Å². The molecular weight excluding hydrogens is 200 g/mol. The van der Waals surface area contributed by atoms with Gasteiger partial charge in [0.2, 0.25) is 0 Å². The topological polar surface area (TPSA) is 46.0 Å². The van der Waals surface area contributed by atoms with Crippen molar-refractivity contribution < 1.29 is 5.11 Å². The number of aromatic nitrogens is 2. The van der Waals surface area contributed by atoms with Crippen LogP contribution in [0.1, 0.15) is 22.5 Å². The Kier molecular flexibility index (Phi) is 3.27. The summed E-state index contributed by atoms with van der Waals surface area (Å²) in [7, 11) is 0. The first kappa shape index (κ1) is 10.8. The van der Waals surface area contributed by atoms with E-state index < -0.39 is 0 Å². The first-order valence-corrected chi connectivity index (χ1v) is 5.24. The standard InChI is InChI=1S/C13H14N2O/c1-10-7-14-8-13(15-10)6-11-3-2-4-12(5-11)9-16/h2-5,7-8,16H,6,9H2,1H3. The molecule has 1 N–H and O–H groups in total. The molecule has 0 aliphatic rings. The van der Waals surface area contributed by atoms with Gasteiger partial charge in [0.05, 0.1) is 18.0 Å². The van der Waals surface area contributed by atoms with E-state index in [-0.39, 0.29) is 6.61 Å². The minimum Gasteiger partial charge on any atom is -0.392 e. The largest absolute Gasteiger partial charge is 0.392 e. The van der Waals surface area contributed by atoms with Crippen molar-refractivity contribution in [3.8, 4) is 0 Å². The average Bonchev–Trinajstić information content (AvgIpc) is 2.29. The van der Waals surface area contributed by atoms with Crippen LogP contribution in [0.5, 0.6) is 0 Å². The van der Waals surface area contributed by atoms with Gasteiger partial charge in [-0.05, 0) is 18.1 Å². The van der Waals surface area contributed by atoms with Crippen molar-refractivity contribution in [1.82, 2.24) is 9.97 Å². The third-order valence-corrected chi connectivity index (χ3v) is 2.36. The summed E-state index contributed by atoms with van der Waals surface area (Å²) in [6, 6.07) is 7.88. The van der Waals surface area contributed by atoms with E-state index in [4.69, 9.17) is 5.11 Å². The summed E-state index contributed by atoms with van der Waals surface area (Å²) in [6.07, 6.45) is 4.27. The van der Waals surface area contributed by atoms with Crippen molar-refractivity contribution in [2.24, 2.45) is 0 Å². The smallest absolute Gasteiger partial charge is 0.0681 e. The highest BCUT2D eigenvalue weighted by molar-refractivity contribution is 5.26. The fraction of sp³-hybridized carbons (Fsp3) is 0.231. The molecule has 0 unspecified atom stereocenters. The molecule has 2 aromatic rings. The van der Waals surface area contributed by atoms with Gasteiger partial charge in [-0.2, -0.15) is 0 Å². The number of rotatable bonds is 3. The van der Waals surface area contributed by atoms with Crippen molar-refractivity contribution in [2.45, 2.75) is 20.0 Å². The molecule has 0 aliphatic carbocycles. The molecule has 82 valence electrons. The minimum atomic E-state index is 0.0767. The average molecular weight is 214 g/mol. The Hall–Kier alpha value is -1.74.